The first-order valence-corrected chi connectivity index (χ1v) is 6.03. The van der Waals surface area contributed by atoms with Gasteiger partial charge in [0, 0.05) is 43.2 Å². The van der Waals surface area contributed by atoms with E-state index in [1.165, 1.54) is 0 Å². The summed E-state index contributed by atoms with van der Waals surface area (Å²) in [7, 11) is 1.64. The molecule has 3 N–H and O–H groups in total. The Balaban J connectivity index is 2.18. The molecule has 4 heteroatoms. The summed E-state index contributed by atoms with van der Waals surface area (Å²) in [6.45, 7) is 2.17. The van der Waals surface area contributed by atoms with Gasteiger partial charge in [-0.05, 0) is 24.8 Å². The van der Waals surface area contributed by atoms with Crippen molar-refractivity contribution in [3.05, 3.63) is 18.2 Å². The van der Waals surface area contributed by atoms with Gasteiger partial charge in [-0.1, -0.05) is 0 Å². The molecule has 94 valence electrons. The molecule has 0 saturated carbocycles. The van der Waals surface area contributed by atoms with Gasteiger partial charge in [0.25, 0.3) is 0 Å². The Bertz CT molecular complexity index is 382. The monoisotopic (exact) mass is 236 g/mol. The third kappa shape index (κ3) is 2.82. The summed E-state index contributed by atoms with van der Waals surface area (Å²) in [5, 5.41) is 9.24. The summed E-state index contributed by atoms with van der Waals surface area (Å²) in [5.74, 6) is 1.15. The maximum Gasteiger partial charge on any atom is 0.122 e. The van der Waals surface area contributed by atoms with Crippen molar-refractivity contribution < 1.29 is 9.84 Å². The molecule has 0 bridgehead atoms. The highest BCUT2D eigenvalue weighted by molar-refractivity contribution is 5.60. The molecule has 1 fully saturated rings. The molecule has 0 spiro atoms. The van der Waals surface area contributed by atoms with Crippen molar-refractivity contribution in [2.75, 3.05) is 37.4 Å². The van der Waals surface area contributed by atoms with Crippen LogP contribution in [0.1, 0.15) is 12.8 Å². The number of nitrogens with two attached hydrogens (primary N) is 1. The normalized spacial score (nSPS) is 20.4. The van der Waals surface area contributed by atoms with Crippen LogP contribution in [0.2, 0.25) is 0 Å². The second kappa shape index (κ2) is 5.27. The third-order valence-electron chi connectivity index (χ3n) is 3.29. The first kappa shape index (κ1) is 12.0. The lowest BCUT2D eigenvalue weighted by atomic mass is 9.98. The second-order valence-electron chi connectivity index (χ2n) is 4.60. The van der Waals surface area contributed by atoms with Gasteiger partial charge in [-0.2, -0.15) is 0 Å². The van der Waals surface area contributed by atoms with Gasteiger partial charge in [-0.15, -0.1) is 0 Å². The zero-order valence-corrected chi connectivity index (χ0v) is 10.2. The van der Waals surface area contributed by atoms with E-state index in [4.69, 9.17) is 10.5 Å². The number of aliphatic hydroxyl groups excluding tert-OH is 1. The van der Waals surface area contributed by atoms with Crippen molar-refractivity contribution in [3.63, 3.8) is 0 Å². The van der Waals surface area contributed by atoms with E-state index in [1.807, 2.05) is 18.2 Å². The Morgan fingerprint density at radius 3 is 3.00 bits per heavy atom. The molecule has 1 aliphatic rings. The largest absolute Gasteiger partial charge is 0.497 e. The van der Waals surface area contributed by atoms with Crippen molar-refractivity contribution >= 4 is 11.4 Å². The molecule has 1 unspecified atom stereocenters. The van der Waals surface area contributed by atoms with E-state index in [2.05, 4.69) is 4.90 Å². The molecule has 0 amide bonds. The van der Waals surface area contributed by atoms with Crippen LogP contribution in [0.15, 0.2) is 18.2 Å². The summed E-state index contributed by atoms with van der Waals surface area (Å²) in [4.78, 5) is 2.27. The fourth-order valence-electron chi connectivity index (χ4n) is 2.35. The highest BCUT2D eigenvalue weighted by atomic mass is 16.5. The van der Waals surface area contributed by atoms with Gasteiger partial charge >= 0.3 is 0 Å². The summed E-state index contributed by atoms with van der Waals surface area (Å²) < 4.78 is 5.22. The maximum absolute atomic E-state index is 9.24. The number of hydrogen-bond donors (Lipinski definition) is 2. The van der Waals surface area contributed by atoms with Gasteiger partial charge < -0.3 is 20.5 Å². The second-order valence-corrected chi connectivity index (χ2v) is 4.60. The molecular formula is C13H20N2O2. The van der Waals surface area contributed by atoms with Gasteiger partial charge in [-0.25, -0.2) is 0 Å². The van der Waals surface area contributed by atoms with E-state index < -0.39 is 0 Å². The molecule has 1 aromatic rings. The minimum absolute atomic E-state index is 0.260. The summed E-state index contributed by atoms with van der Waals surface area (Å²) >= 11 is 0. The molecule has 1 saturated heterocycles. The van der Waals surface area contributed by atoms with Crippen LogP contribution in [-0.4, -0.2) is 31.9 Å². The quantitative estimate of drug-likeness (QED) is 0.781. The Kier molecular flexibility index (Phi) is 3.74. The molecule has 1 atom stereocenters. The molecule has 4 nitrogen and oxygen atoms in total. The van der Waals surface area contributed by atoms with Crippen LogP contribution < -0.4 is 15.4 Å². The van der Waals surface area contributed by atoms with E-state index in [0.29, 0.717) is 11.6 Å². The van der Waals surface area contributed by atoms with Gasteiger partial charge in [0.05, 0.1) is 7.11 Å². The molecule has 1 aliphatic heterocycles. The number of piperidine rings is 1. The number of anilines is 2. The van der Waals surface area contributed by atoms with E-state index in [0.717, 1.165) is 37.4 Å². The van der Waals surface area contributed by atoms with E-state index in [-0.39, 0.29) is 6.61 Å². The molecule has 17 heavy (non-hydrogen) atoms. The molecule has 0 radical (unpaired) electrons. The fraction of sp³-hybridized carbons (Fsp3) is 0.538. The van der Waals surface area contributed by atoms with Gasteiger partial charge in [0.1, 0.15) is 5.75 Å². The van der Waals surface area contributed by atoms with Gasteiger partial charge in [-0.3, -0.25) is 0 Å². The van der Waals surface area contributed by atoms with Crippen LogP contribution >= 0.6 is 0 Å². The lowest BCUT2D eigenvalue weighted by molar-refractivity contribution is 0.208. The zero-order chi connectivity index (χ0) is 12.3. The Morgan fingerprint density at radius 1 is 1.47 bits per heavy atom. The lowest BCUT2D eigenvalue weighted by Crippen LogP contribution is -2.36. The van der Waals surface area contributed by atoms with Crippen molar-refractivity contribution in [3.8, 4) is 5.75 Å². The summed E-state index contributed by atoms with van der Waals surface area (Å²) in [6, 6.07) is 5.77. The predicted molar refractivity (Wildman–Crippen MR) is 69.4 cm³/mol. The molecule has 0 aliphatic carbocycles. The van der Waals surface area contributed by atoms with Crippen LogP contribution in [0.3, 0.4) is 0 Å². The Morgan fingerprint density at radius 2 is 2.29 bits per heavy atom. The van der Waals surface area contributed by atoms with Gasteiger partial charge in [0.15, 0.2) is 0 Å². The van der Waals surface area contributed by atoms with Crippen LogP contribution in [0.4, 0.5) is 11.4 Å². The SMILES string of the molecule is COc1cc(N)cc(N2CCCC(CO)C2)c1. The molecule has 1 aromatic carbocycles. The molecular weight excluding hydrogens is 216 g/mol. The number of nitrogen functional groups attached to an aromatic ring is 1. The Hall–Kier alpha value is -1.42. The fourth-order valence-corrected chi connectivity index (χ4v) is 2.35. The highest BCUT2D eigenvalue weighted by Crippen LogP contribution is 2.28. The molecule has 2 rings (SSSR count). The van der Waals surface area contributed by atoms with Crippen molar-refractivity contribution in [2.24, 2.45) is 5.92 Å². The number of nitrogens with zero attached hydrogens (tertiary/aromatic N) is 1. The van der Waals surface area contributed by atoms with Gasteiger partial charge in [0.2, 0.25) is 0 Å². The molecule has 1 heterocycles. The predicted octanol–water partition coefficient (Wildman–Crippen LogP) is 1.49. The lowest BCUT2D eigenvalue weighted by Gasteiger charge is -2.33. The van der Waals surface area contributed by atoms with E-state index >= 15 is 0 Å². The third-order valence-corrected chi connectivity index (χ3v) is 3.29. The average molecular weight is 236 g/mol. The standard InChI is InChI=1S/C13H20N2O2/c1-17-13-6-11(14)5-12(7-13)15-4-2-3-10(8-15)9-16/h5-7,10,16H,2-4,8-9,14H2,1H3. The smallest absolute Gasteiger partial charge is 0.122 e. The maximum atomic E-state index is 9.24. The number of rotatable bonds is 3. The minimum atomic E-state index is 0.260. The van der Waals surface area contributed by atoms with Crippen LogP contribution in [-0.2, 0) is 0 Å². The topological polar surface area (TPSA) is 58.7 Å². The van der Waals surface area contributed by atoms with Crippen LogP contribution in [0, 0.1) is 5.92 Å². The van der Waals surface area contributed by atoms with E-state index in [1.54, 1.807) is 7.11 Å². The molecule has 0 aromatic heterocycles. The highest BCUT2D eigenvalue weighted by Gasteiger charge is 2.19. The number of hydrogen-bond acceptors (Lipinski definition) is 4. The average Bonchev–Trinajstić information content (AvgIpc) is 2.38. The number of methoxy groups -OCH3 is 1. The number of ether oxygens (including phenoxy) is 1. The first-order chi connectivity index (χ1) is 8.22. The minimum Gasteiger partial charge on any atom is -0.497 e. The number of benzene rings is 1. The van der Waals surface area contributed by atoms with Crippen molar-refractivity contribution in [2.45, 2.75) is 12.8 Å². The van der Waals surface area contributed by atoms with Crippen molar-refractivity contribution in [1.82, 2.24) is 0 Å². The first-order valence-electron chi connectivity index (χ1n) is 6.03. The number of aliphatic hydroxyl groups is 1. The summed E-state index contributed by atoms with van der Waals surface area (Å²) in [6.07, 6.45) is 2.22. The van der Waals surface area contributed by atoms with E-state index in [9.17, 15) is 5.11 Å². The van der Waals surface area contributed by atoms with Crippen molar-refractivity contribution in [1.29, 1.82) is 0 Å². The Labute approximate surface area is 102 Å². The van der Waals surface area contributed by atoms with Crippen LogP contribution in [0.5, 0.6) is 5.75 Å². The summed E-state index contributed by atoms with van der Waals surface area (Å²) in [5.41, 5.74) is 7.65. The van der Waals surface area contributed by atoms with Crippen LogP contribution in [0.25, 0.3) is 0 Å². The zero-order valence-electron chi connectivity index (χ0n) is 10.2.